The summed E-state index contributed by atoms with van der Waals surface area (Å²) in [5.41, 5.74) is 7.51. The van der Waals surface area contributed by atoms with Gasteiger partial charge in [-0.15, -0.1) is 11.3 Å². The quantitative estimate of drug-likeness (QED) is 0.775. The number of carbonyl (C=O) groups excluding carboxylic acids is 1. The Labute approximate surface area is 122 Å². The number of halogens is 1. The fraction of sp³-hybridized carbons (Fsp3) is 0. The molecule has 2 heterocycles. The maximum atomic E-state index is 11.6. The van der Waals surface area contributed by atoms with Crippen molar-refractivity contribution in [1.82, 2.24) is 4.98 Å². The Hall–Kier alpha value is -1.72. The highest BCUT2D eigenvalue weighted by molar-refractivity contribution is 9.10. The Kier molecular flexibility index (Phi) is 3.08. The van der Waals surface area contributed by atoms with Crippen molar-refractivity contribution in [3.8, 4) is 10.6 Å². The van der Waals surface area contributed by atoms with Crippen molar-refractivity contribution >= 4 is 44.1 Å². The van der Waals surface area contributed by atoms with Crippen LogP contribution in [0.5, 0.6) is 0 Å². The van der Waals surface area contributed by atoms with Crippen molar-refractivity contribution in [2.24, 2.45) is 5.73 Å². The Morgan fingerprint density at radius 3 is 2.79 bits per heavy atom. The molecule has 0 aliphatic heterocycles. The van der Waals surface area contributed by atoms with Gasteiger partial charge < -0.3 is 5.73 Å². The molecule has 0 fully saturated rings. The van der Waals surface area contributed by atoms with E-state index in [9.17, 15) is 4.79 Å². The van der Waals surface area contributed by atoms with E-state index in [-0.39, 0.29) is 0 Å². The smallest absolute Gasteiger partial charge is 0.249 e. The minimum absolute atomic E-state index is 0.441. The molecular weight excluding hydrogens is 324 g/mol. The molecule has 0 bridgehead atoms. The van der Waals surface area contributed by atoms with E-state index in [2.05, 4.69) is 20.9 Å². The lowest BCUT2D eigenvalue weighted by molar-refractivity contribution is 0.100. The lowest BCUT2D eigenvalue weighted by atomic mass is 10.1. The second kappa shape index (κ2) is 4.75. The molecule has 0 saturated carbocycles. The lowest BCUT2D eigenvalue weighted by Gasteiger charge is -2.06. The highest BCUT2D eigenvalue weighted by Crippen LogP contribution is 2.29. The van der Waals surface area contributed by atoms with Gasteiger partial charge in [-0.1, -0.05) is 22.0 Å². The van der Waals surface area contributed by atoms with Gasteiger partial charge in [0.1, 0.15) is 0 Å². The molecule has 3 nitrogen and oxygen atoms in total. The minimum atomic E-state index is -0.441. The third-order valence-corrected chi connectivity index (χ3v) is 4.20. The number of pyridine rings is 1. The van der Waals surface area contributed by atoms with Crippen LogP contribution < -0.4 is 5.73 Å². The largest absolute Gasteiger partial charge is 0.366 e. The van der Waals surface area contributed by atoms with Gasteiger partial charge in [-0.25, -0.2) is 4.98 Å². The van der Waals surface area contributed by atoms with E-state index in [0.717, 1.165) is 25.9 Å². The van der Waals surface area contributed by atoms with Crippen molar-refractivity contribution in [1.29, 1.82) is 0 Å². The second-order valence-electron chi connectivity index (χ2n) is 4.06. The van der Waals surface area contributed by atoms with E-state index in [1.165, 1.54) is 0 Å². The van der Waals surface area contributed by atoms with E-state index in [1.807, 2.05) is 35.7 Å². The highest BCUT2D eigenvalue weighted by Gasteiger charge is 2.12. The molecule has 19 heavy (non-hydrogen) atoms. The van der Waals surface area contributed by atoms with Gasteiger partial charge in [0, 0.05) is 9.86 Å². The number of nitrogens with two attached hydrogens (primary N) is 1. The molecule has 0 unspecified atom stereocenters. The maximum absolute atomic E-state index is 11.6. The van der Waals surface area contributed by atoms with Crippen LogP contribution in [-0.4, -0.2) is 10.9 Å². The van der Waals surface area contributed by atoms with Crippen molar-refractivity contribution in [3.63, 3.8) is 0 Å². The number of rotatable bonds is 2. The summed E-state index contributed by atoms with van der Waals surface area (Å²) in [7, 11) is 0. The highest BCUT2D eigenvalue weighted by atomic mass is 79.9. The van der Waals surface area contributed by atoms with Gasteiger partial charge in [0.25, 0.3) is 0 Å². The monoisotopic (exact) mass is 332 g/mol. The molecular formula is C14H9BrN2OS. The van der Waals surface area contributed by atoms with Gasteiger partial charge in [-0.3, -0.25) is 4.79 Å². The first-order chi connectivity index (χ1) is 9.15. The summed E-state index contributed by atoms with van der Waals surface area (Å²) in [5, 5.41) is 2.74. The number of fused-ring (bicyclic) bond motifs is 1. The second-order valence-corrected chi connectivity index (χ2v) is 5.92. The Bertz CT molecular complexity index is 768. The third-order valence-electron chi connectivity index (χ3n) is 2.81. The van der Waals surface area contributed by atoms with E-state index in [1.54, 1.807) is 17.4 Å². The summed E-state index contributed by atoms with van der Waals surface area (Å²) in [5.74, 6) is -0.441. The molecule has 1 aromatic carbocycles. The molecule has 0 radical (unpaired) electrons. The number of thiophene rings is 1. The number of benzene rings is 1. The molecule has 0 aliphatic carbocycles. The minimum Gasteiger partial charge on any atom is -0.366 e. The predicted octanol–water partition coefficient (Wildman–Crippen LogP) is 3.82. The summed E-state index contributed by atoms with van der Waals surface area (Å²) in [6, 6.07) is 11.3. The summed E-state index contributed by atoms with van der Waals surface area (Å²) >= 11 is 4.98. The van der Waals surface area contributed by atoms with Crippen LogP contribution in [0.2, 0.25) is 0 Å². The molecule has 5 heteroatoms. The number of carbonyl (C=O) groups is 1. The number of nitrogens with zero attached hydrogens (tertiary/aromatic N) is 1. The fourth-order valence-electron chi connectivity index (χ4n) is 1.95. The molecule has 94 valence electrons. The average molecular weight is 333 g/mol. The zero-order valence-electron chi connectivity index (χ0n) is 9.76. The Morgan fingerprint density at radius 1 is 1.26 bits per heavy atom. The van der Waals surface area contributed by atoms with Crippen molar-refractivity contribution in [2.75, 3.05) is 0 Å². The van der Waals surface area contributed by atoms with Crippen molar-refractivity contribution in [2.45, 2.75) is 0 Å². The molecule has 0 saturated heterocycles. The molecule has 3 aromatic rings. The van der Waals surface area contributed by atoms with Crippen LogP contribution in [0.1, 0.15) is 10.4 Å². The molecule has 2 aromatic heterocycles. The summed E-state index contributed by atoms with van der Waals surface area (Å²) in [4.78, 5) is 17.2. The van der Waals surface area contributed by atoms with Crippen LogP contribution in [0.3, 0.4) is 0 Å². The SMILES string of the molecule is NC(=O)c1cc(-c2cccs2)nc2ccc(Br)cc12. The van der Waals surface area contributed by atoms with Crippen LogP contribution in [0.4, 0.5) is 0 Å². The molecule has 0 aliphatic rings. The van der Waals surface area contributed by atoms with Crippen LogP contribution in [-0.2, 0) is 0 Å². The first kappa shape index (κ1) is 12.3. The predicted molar refractivity (Wildman–Crippen MR) is 81.3 cm³/mol. The van der Waals surface area contributed by atoms with Gasteiger partial charge in [0.05, 0.1) is 21.7 Å². The molecule has 1 amide bonds. The van der Waals surface area contributed by atoms with E-state index in [4.69, 9.17) is 5.73 Å². The molecule has 2 N–H and O–H groups in total. The number of aromatic nitrogens is 1. The standard InChI is InChI=1S/C14H9BrN2OS/c15-8-3-4-11-9(6-8)10(14(16)18)7-12(17-11)13-2-1-5-19-13/h1-7H,(H2,16,18). The van der Waals surface area contributed by atoms with E-state index < -0.39 is 5.91 Å². The van der Waals surface area contributed by atoms with Crippen molar-refractivity contribution in [3.05, 3.63) is 51.8 Å². The van der Waals surface area contributed by atoms with E-state index in [0.29, 0.717) is 5.56 Å². The Balaban J connectivity index is 2.34. The number of primary amides is 1. The van der Waals surface area contributed by atoms with Crippen molar-refractivity contribution < 1.29 is 4.79 Å². The number of hydrogen-bond acceptors (Lipinski definition) is 3. The summed E-state index contributed by atoms with van der Waals surface area (Å²) in [6.07, 6.45) is 0. The third kappa shape index (κ3) is 2.27. The zero-order valence-corrected chi connectivity index (χ0v) is 12.2. The van der Waals surface area contributed by atoms with Crippen LogP contribution >= 0.6 is 27.3 Å². The van der Waals surface area contributed by atoms with Gasteiger partial charge in [-0.05, 0) is 35.7 Å². The van der Waals surface area contributed by atoms with Crippen LogP contribution in [0.25, 0.3) is 21.5 Å². The van der Waals surface area contributed by atoms with Gasteiger partial charge in [-0.2, -0.15) is 0 Å². The molecule has 0 atom stereocenters. The number of hydrogen-bond donors (Lipinski definition) is 1. The van der Waals surface area contributed by atoms with Gasteiger partial charge in [0.2, 0.25) is 5.91 Å². The Morgan fingerprint density at radius 2 is 2.11 bits per heavy atom. The normalized spacial score (nSPS) is 10.8. The van der Waals surface area contributed by atoms with Crippen LogP contribution in [0.15, 0.2) is 46.3 Å². The summed E-state index contributed by atoms with van der Waals surface area (Å²) in [6.45, 7) is 0. The van der Waals surface area contributed by atoms with Gasteiger partial charge in [0.15, 0.2) is 0 Å². The molecule has 3 rings (SSSR count). The summed E-state index contributed by atoms with van der Waals surface area (Å²) < 4.78 is 0.896. The zero-order chi connectivity index (χ0) is 13.4. The topological polar surface area (TPSA) is 56.0 Å². The van der Waals surface area contributed by atoms with Crippen LogP contribution in [0, 0.1) is 0 Å². The maximum Gasteiger partial charge on any atom is 0.249 e. The first-order valence-electron chi connectivity index (χ1n) is 5.59. The molecule has 0 spiro atoms. The average Bonchev–Trinajstić information content (AvgIpc) is 2.91. The lowest BCUT2D eigenvalue weighted by Crippen LogP contribution is -2.12. The first-order valence-corrected chi connectivity index (χ1v) is 7.26. The number of amides is 1. The van der Waals surface area contributed by atoms with E-state index >= 15 is 0 Å². The fourth-order valence-corrected chi connectivity index (χ4v) is 3.00. The van der Waals surface area contributed by atoms with Gasteiger partial charge >= 0.3 is 0 Å².